The summed E-state index contributed by atoms with van der Waals surface area (Å²) in [6.45, 7) is 1.09. The van der Waals surface area contributed by atoms with Crippen molar-refractivity contribution in [3.05, 3.63) is 53.1 Å². The van der Waals surface area contributed by atoms with Crippen LogP contribution in [0.5, 0.6) is 11.5 Å². The molecule has 28 heavy (non-hydrogen) atoms. The van der Waals surface area contributed by atoms with Crippen molar-refractivity contribution in [3.8, 4) is 11.5 Å². The smallest absolute Gasteiger partial charge is 0.256 e. The molecule has 0 fully saturated rings. The fourth-order valence-corrected chi connectivity index (χ4v) is 4.84. The second-order valence-corrected chi connectivity index (χ2v) is 8.11. The van der Waals surface area contributed by atoms with Gasteiger partial charge in [-0.2, -0.15) is 4.39 Å². The first-order valence-electron chi connectivity index (χ1n) is 9.11. The normalized spacial score (nSPS) is 23.3. The lowest BCUT2D eigenvalue weighted by molar-refractivity contribution is 0.161. The highest BCUT2D eigenvalue weighted by atomic mass is 32.2. The number of anilines is 1. The molecule has 3 aliphatic heterocycles. The molecule has 0 amide bonds. The van der Waals surface area contributed by atoms with E-state index in [0.717, 1.165) is 16.9 Å². The largest absolute Gasteiger partial charge is 0.452 e. The maximum absolute atomic E-state index is 15.1. The minimum Gasteiger partial charge on any atom is -0.452 e. The van der Waals surface area contributed by atoms with Gasteiger partial charge in [0.2, 0.25) is 0 Å². The number of pyridine rings is 1. The van der Waals surface area contributed by atoms with E-state index in [1.54, 1.807) is 12.1 Å². The van der Waals surface area contributed by atoms with E-state index in [0.29, 0.717) is 53.9 Å². The first-order chi connectivity index (χ1) is 13.6. The Bertz CT molecular complexity index is 1040. The second kappa shape index (κ2) is 6.49. The van der Waals surface area contributed by atoms with Crippen LogP contribution in [0.3, 0.4) is 0 Å². The topological polar surface area (TPSA) is 95.8 Å². The molecule has 0 radical (unpaired) electrons. The molecule has 0 aliphatic carbocycles. The number of aliphatic imine (C=N–C) groups is 1. The molecule has 0 bridgehead atoms. The molecule has 1 atom stereocenters. The molecule has 2 aromatic rings. The average Bonchev–Trinajstić information content (AvgIpc) is 2.70. The maximum atomic E-state index is 15.1. The van der Waals surface area contributed by atoms with Gasteiger partial charge < -0.3 is 20.9 Å². The summed E-state index contributed by atoms with van der Waals surface area (Å²) >= 11 is 1.49. The van der Waals surface area contributed by atoms with Gasteiger partial charge in [0, 0.05) is 22.6 Å². The number of thioether (sulfide) groups is 1. The number of hydrogen-bond acceptors (Lipinski definition) is 7. The van der Waals surface area contributed by atoms with Crippen LogP contribution in [0.1, 0.15) is 29.7 Å². The summed E-state index contributed by atoms with van der Waals surface area (Å²) in [4.78, 5) is 8.98. The van der Waals surface area contributed by atoms with Gasteiger partial charge in [-0.05, 0) is 42.7 Å². The van der Waals surface area contributed by atoms with Gasteiger partial charge >= 0.3 is 0 Å². The lowest BCUT2D eigenvalue weighted by atomic mass is 9.78. The predicted octanol–water partition coefficient (Wildman–Crippen LogP) is 3.41. The Morgan fingerprint density at radius 1 is 1.18 bits per heavy atom. The third kappa shape index (κ3) is 2.67. The summed E-state index contributed by atoms with van der Waals surface area (Å²) in [6, 6.07) is 7.21. The number of nitrogens with two attached hydrogens (primary N) is 2. The van der Waals surface area contributed by atoms with Crippen LogP contribution in [0.15, 0.2) is 35.3 Å². The van der Waals surface area contributed by atoms with Crippen molar-refractivity contribution in [1.82, 2.24) is 4.98 Å². The highest BCUT2D eigenvalue weighted by Crippen LogP contribution is 2.54. The van der Waals surface area contributed by atoms with Crippen LogP contribution >= 0.6 is 11.8 Å². The van der Waals surface area contributed by atoms with Gasteiger partial charge in [-0.25, -0.2) is 9.98 Å². The van der Waals surface area contributed by atoms with Crippen molar-refractivity contribution < 1.29 is 13.9 Å². The van der Waals surface area contributed by atoms with E-state index in [4.69, 9.17) is 25.9 Å². The number of ether oxygens (including phenoxy) is 2. The first-order valence-corrected chi connectivity index (χ1v) is 10.1. The quantitative estimate of drug-likeness (QED) is 0.565. The van der Waals surface area contributed by atoms with Gasteiger partial charge in [0.05, 0.1) is 18.9 Å². The van der Waals surface area contributed by atoms with Crippen molar-refractivity contribution in [1.29, 1.82) is 0 Å². The van der Waals surface area contributed by atoms with Crippen LogP contribution in [0.2, 0.25) is 0 Å². The van der Waals surface area contributed by atoms with Crippen molar-refractivity contribution >= 4 is 28.2 Å². The number of amidine groups is 1. The van der Waals surface area contributed by atoms with Crippen molar-refractivity contribution in [3.63, 3.8) is 0 Å². The number of nitrogens with zero attached hydrogens (tertiary/aromatic N) is 2. The van der Waals surface area contributed by atoms with Gasteiger partial charge in [-0.3, -0.25) is 0 Å². The van der Waals surface area contributed by atoms with E-state index in [1.807, 2.05) is 18.2 Å². The van der Waals surface area contributed by atoms with Crippen LogP contribution in [-0.2, 0) is 10.3 Å². The minimum atomic E-state index is -0.835. The predicted molar refractivity (Wildman–Crippen MR) is 108 cm³/mol. The summed E-state index contributed by atoms with van der Waals surface area (Å²) in [5.41, 5.74) is 14.9. The first kappa shape index (κ1) is 17.5. The molecule has 3 aliphatic rings. The molecule has 0 saturated heterocycles. The van der Waals surface area contributed by atoms with Crippen LogP contribution in [-0.4, -0.2) is 29.1 Å². The molecular weight excluding hydrogens is 379 g/mol. The van der Waals surface area contributed by atoms with Gasteiger partial charge in [0.25, 0.3) is 5.95 Å². The van der Waals surface area contributed by atoms with E-state index < -0.39 is 11.5 Å². The summed E-state index contributed by atoms with van der Waals surface area (Å²) in [5.74, 6) is 0.758. The number of benzene rings is 1. The lowest BCUT2D eigenvalue weighted by Crippen LogP contribution is -2.36. The Morgan fingerprint density at radius 2 is 2.07 bits per heavy atom. The molecule has 0 saturated carbocycles. The van der Waals surface area contributed by atoms with E-state index >= 15 is 4.39 Å². The van der Waals surface area contributed by atoms with Gasteiger partial charge in [-0.1, -0.05) is 17.8 Å². The summed E-state index contributed by atoms with van der Waals surface area (Å²) in [7, 11) is 0. The fourth-order valence-electron chi connectivity index (χ4n) is 4.01. The van der Waals surface area contributed by atoms with Crippen molar-refractivity contribution in [2.24, 2.45) is 10.7 Å². The highest BCUT2D eigenvalue weighted by Gasteiger charge is 2.45. The molecule has 5 rings (SSSR count). The van der Waals surface area contributed by atoms with Crippen LogP contribution in [0, 0.1) is 5.95 Å². The molecular formula is C20H19FN4O2S. The third-order valence-electron chi connectivity index (χ3n) is 5.35. The van der Waals surface area contributed by atoms with Crippen LogP contribution in [0.4, 0.5) is 10.1 Å². The number of fused-ring (bicyclic) bond motifs is 4. The Hall–Kier alpha value is -2.58. The van der Waals surface area contributed by atoms with Gasteiger partial charge in [0.15, 0.2) is 10.9 Å². The number of hydrogen-bond donors (Lipinski definition) is 2. The standard InChI is InChI=1S/C20H19FN4O2S/c21-18-17-14(10-15(24-18)11-3-6-26-7-4-11)20(5-8-28-19(23)25-20)13-9-12(22)1-2-16(13)27-17/h1-3,9-10H,4-8,22H2,(H2,23,25)/t20-/m0/s1. The molecule has 1 spiro atoms. The zero-order valence-corrected chi connectivity index (χ0v) is 15.9. The zero-order valence-electron chi connectivity index (χ0n) is 15.1. The minimum absolute atomic E-state index is 0.108. The monoisotopic (exact) mass is 398 g/mol. The van der Waals surface area contributed by atoms with E-state index in [9.17, 15) is 0 Å². The molecule has 1 aromatic heterocycles. The molecule has 6 nitrogen and oxygen atoms in total. The van der Waals surface area contributed by atoms with E-state index in [-0.39, 0.29) is 5.75 Å². The van der Waals surface area contributed by atoms with Crippen LogP contribution < -0.4 is 16.2 Å². The number of aromatic nitrogens is 1. The molecule has 0 unspecified atom stereocenters. The number of halogens is 1. The SMILES string of the molecule is NC1=N[C@@]2(CCS1)c1cc(N)ccc1Oc1c2cc(C2=CCOCC2)nc1F. The van der Waals surface area contributed by atoms with E-state index in [1.165, 1.54) is 11.8 Å². The molecule has 1 aromatic carbocycles. The van der Waals surface area contributed by atoms with Gasteiger partial charge in [-0.15, -0.1) is 0 Å². The molecule has 4 heterocycles. The molecule has 144 valence electrons. The van der Waals surface area contributed by atoms with Gasteiger partial charge in [0.1, 0.15) is 11.3 Å². The second-order valence-electron chi connectivity index (χ2n) is 7.00. The van der Waals surface area contributed by atoms with Crippen molar-refractivity contribution in [2.45, 2.75) is 18.4 Å². The van der Waals surface area contributed by atoms with Crippen molar-refractivity contribution in [2.75, 3.05) is 24.7 Å². The molecule has 8 heteroatoms. The van der Waals surface area contributed by atoms with E-state index in [2.05, 4.69) is 4.98 Å². The molecule has 4 N–H and O–H groups in total. The Kier molecular flexibility index (Phi) is 4.06. The summed E-state index contributed by atoms with van der Waals surface area (Å²) < 4.78 is 26.4. The Labute approximate surface area is 165 Å². The average molecular weight is 398 g/mol. The van der Waals surface area contributed by atoms with Crippen LogP contribution in [0.25, 0.3) is 5.57 Å². The Morgan fingerprint density at radius 3 is 2.86 bits per heavy atom. The summed E-state index contributed by atoms with van der Waals surface area (Å²) in [6.07, 6.45) is 3.29. The third-order valence-corrected chi connectivity index (χ3v) is 6.14. The number of rotatable bonds is 1. The fraction of sp³-hybridized carbons (Fsp3) is 0.300. The highest BCUT2D eigenvalue weighted by molar-refractivity contribution is 8.13. The Balaban J connectivity index is 1.77. The lowest BCUT2D eigenvalue weighted by Gasteiger charge is -2.39. The zero-order chi connectivity index (χ0) is 19.3. The summed E-state index contributed by atoms with van der Waals surface area (Å²) in [5, 5.41) is 0.469. The number of nitrogen functional groups attached to an aromatic ring is 1. The maximum Gasteiger partial charge on any atom is 0.256 e.